The number of halogens is 2. The van der Waals surface area contributed by atoms with Crippen LogP contribution in [0.15, 0.2) is 48.5 Å². The van der Waals surface area contributed by atoms with Gasteiger partial charge in [0.15, 0.2) is 0 Å². The molecular formula is C31H33Cl2N5O5. The molecule has 0 spiro atoms. The number of pyridine rings is 1. The Bertz CT molecular complexity index is 1600. The number of benzene rings is 2. The number of anilines is 1. The molecule has 226 valence electrons. The molecule has 2 N–H and O–H groups in total. The number of amides is 4. The molecule has 0 radical (unpaired) electrons. The number of nitrogens with one attached hydrogen (secondary N) is 1. The van der Waals surface area contributed by atoms with Crippen molar-refractivity contribution in [1.82, 2.24) is 19.7 Å². The smallest absolute Gasteiger partial charge is 0.326 e. The van der Waals surface area contributed by atoms with Crippen molar-refractivity contribution in [2.24, 2.45) is 5.92 Å². The molecular weight excluding hydrogens is 593 g/mol. The molecule has 0 saturated carbocycles. The van der Waals surface area contributed by atoms with Crippen LogP contribution in [0.25, 0.3) is 22.4 Å². The van der Waals surface area contributed by atoms with Crippen molar-refractivity contribution in [3.8, 4) is 28.3 Å². The van der Waals surface area contributed by atoms with Crippen molar-refractivity contribution in [2.45, 2.75) is 25.5 Å². The molecule has 12 heteroatoms. The number of β-amino-alcohol motifs (C(OH)–C–C–N with tert-alkyl or cyclic N) is 1. The minimum Gasteiger partial charge on any atom is -0.481 e. The molecule has 2 aliphatic rings. The first-order valence-electron chi connectivity index (χ1n) is 13.8. The highest BCUT2D eigenvalue weighted by atomic mass is 35.5. The number of aliphatic hydroxyl groups is 1. The molecule has 3 heterocycles. The third kappa shape index (κ3) is 6.19. The van der Waals surface area contributed by atoms with Crippen molar-refractivity contribution in [1.29, 1.82) is 0 Å². The van der Waals surface area contributed by atoms with Gasteiger partial charge in [-0.1, -0.05) is 59.6 Å². The molecule has 2 aromatic carbocycles. The number of urea groups is 1. The number of hydrogen-bond acceptors (Lipinski definition) is 7. The quantitative estimate of drug-likeness (QED) is 0.364. The van der Waals surface area contributed by atoms with Gasteiger partial charge in [0.25, 0.3) is 0 Å². The number of methoxy groups -OCH3 is 1. The topological polar surface area (TPSA) is 115 Å². The Morgan fingerprint density at radius 3 is 2.42 bits per heavy atom. The second-order valence-electron chi connectivity index (χ2n) is 11.3. The third-order valence-corrected chi connectivity index (χ3v) is 8.71. The summed E-state index contributed by atoms with van der Waals surface area (Å²) < 4.78 is 5.62. The number of nitrogens with zero attached hydrogens (tertiary/aromatic N) is 4. The molecule has 0 aliphatic carbocycles. The summed E-state index contributed by atoms with van der Waals surface area (Å²) in [5.74, 6) is -1.74. The van der Waals surface area contributed by atoms with Crippen molar-refractivity contribution in [3.63, 3.8) is 0 Å². The summed E-state index contributed by atoms with van der Waals surface area (Å²) in [6.07, 6.45) is 0.713. The van der Waals surface area contributed by atoms with E-state index in [1.807, 2.05) is 37.3 Å². The Kier molecular flexibility index (Phi) is 8.67. The SMILES string of the molecule is COc1nc(-c2cccc(-c3cccc(NC(=O)C4CN(C)C(=O)N(C)C4=O)c3Cl)c2Cl)ccc1CN1CC[C@@](C)(O)C1. The highest BCUT2D eigenvalue weighted by Crippen LogP contribution is 2.41. The standard InChI is InChI=1S/C31H33Cl2N5O5/c1-31(42)13-14-38(17-31)15-18-11-12-23(35-28(18)43-4)21-9-5-7-19(25(21)32)20-8-6-10-24(26(20)33)34-27(39)22-16-36(2)30(41)37(3)29(22)40/h5-12,22,42H,13-17H2,1-4H3,(H,34,39)/t22?,31-/m1/s1. The van der Waals surface area contributed by atoms with E-state index in [4.69, 9.17) is 32.9 Å². The maximum Gasteiger partial charge on any atom is 0.326 e. The lowest BCUT2D eigenvalue weighted by Crippen LogP contribution is -2.56. The lowest BCUT2D eigenvalue weighted by molar-refractivity contribution is -0.140. The third-order valence-electron chi connectivity index (χ3n) is 7.89. The number of ether oxygens (including phenoxy) is 1. The van der Waals surface area contributed by atoms with Gasteiger partial charge in [-0.3, -0.25) is 19.4 Å². The first kappa shape index (κ1) is 30.7. The zero-order chi connectivity index (χ0) is 31.1. The zero-order valence-corrected chi connectivity index (χ0v) is 25.9. The number of hydrogen-bond donors (Lipinski definition) is 2. The van der Waals surface area contributed by atoms with Crippen molar-refractivity contribution in [3.05, 3.63) is 64.1 Å². The first-order chi connectivity index (χ1) is 20.4. The van der Waals surface area contributed by atoms with E-state index in [1.54, 1.807) is 25.3 Å². The zero-order valence-electron chi connectivity index (χ0n) is 24.4. The Morgan fingerprint density at radius 2 is 1.74 bits per heavy atom. The second-order valence-corrected chi connectivity index (χ2v) is 12.0. The maximum absolute atomic E-state index is 13.1. The fraction of sp³-hybridized carbons (Fsp3) is 0.355. The molecule has 1 unspecified atom stereocenters. The molecule has 0 bridgehead atoms. The normalized spacial score (nSPS) is 21.0. The summed E-state index contributed by atoms with van der Waals surface area (Å²) in [6.45, 7) is 3.78. The van der Waals surface area contributed by atoms with Gasteiger partial charge >= 0.3 is 6.03 Å². The average Bonchev–Trinajstić information content (AvgIpc) is 3.33. The van der Waals surface area contributed by atoms with E-state index in [0.717, 1.165) is 17.0 Å². The van der Waals surface area contributed by atoms with Crippen LogP contribution >= 0.6 is 23.2 Å². The van der Waals surface area contributed by atoms with E-state index < -0.39 is 29.4 Å². The minimum absolute atomic E-state index is 0.0346. The van der Waals surface area contributed by atoms with E-state index in [1.165, 1.54) is 19.0 Å². The summed E-state index contributed by atoms with van der Waals surface area (Å²) in [4.78, 5) is 46.9. The predicted octanol–water partition coefficient (Wildman–Crippen LogP) is 4.77. The highest BCUT2D eigenvalue weighted by molar-refractivity contribution is 6.39. The van der Waals surface area contributed by atoms with Gasteiger partial charge < -0.3 is 20.1 Å². The van der Waals surface area contributed by atoms with Gasteiger partial charge in [0, 0.05) is 62.5 Å². The Morgan fingerprint density at radius 1 is 1.07 bits per heavy atom. The van der Waals surface area contributed by atoms with E-state index in [0.29, 0.717) is 58.5 Å². The van der Waals surface area contributed by atoms with Crippen LogP contribution in [0.4, 0.5) is 10.5 Å². The monoisotopic (exact) mass is 625 g/mol. The van der Waals surface area contributed by atoms with Gasteiger partial charge in [0.2, 0.25) is 17.7 Å². The largest absolute Gasteiger partial charge is 0.481 e. The van der Waals surface area contributed by atoms with Crippen LogP contribution < -0.4 is 10.1 Å². The number of carbonyl (C=O) groups excluding carboxylic acids is 3. The van der Waals surface area contributed by atoms with Crippen LogP contribution in [0.1, 0.15) is 18.9 Å². The fourth-order valence-electron chi connectivity index (χ4n) is 5.53. The van der Waals surface area contributed by atoms with Crippen LogP contribution in [0.2, 0.25) is 10.0 Å². The number of likely N-dealkylation sites (tertiary alicyclic amines) is 1. The van der Waals surface area contributed by atoms with Crippen molar-refractivity contribution >= 4 is 46.7 Å². The molecule has 1 aromatic heterocycles. The highest BCUT2D eigenvalue weighted by Gasteiger charge is 2.39. The van der Waals surface area contributed by atoms with Crippen LogP contribution in [-0.4, -0.2) is 89.1 Å². The van der Waals surface area contributed by atoms with Gasteiger partial charge in [0.05, 0.1) is 34.1 Å². The summed E-state index contributed by atoms with van der Waals surface area (Å²) >= 11 is 13.7. The second kappa shape index (κ2) is 12.1. The number of aromatic nitrogens is 1. The Hall–Kier alpha value is -3.70. The fourth-order valence-corrected chi connectivity index (χ4v) is 6.13. The molecule has 2 atom stereocenters. The molecule has 43 heavy (non-hydrogen) atoms. The van der Waals surface area contributed by atoms with Gasteiger partial charge in [-0.2, -0.15) is 0 Å². The lowest BCUT2D eigenvalue weighted by Gasteiger charge is -2.33. The van der Waals surface area contributed by atoms with E-state index in [-0.39, 0.29) is 11.6 Å². The molecule has 10 nitrogen and oxygen atoms in total. The molecule has 2 aliphatic heterocycles. The number of carbonyl (C=O) groups is 3. The van der Waals surface area contributed by atoms with Gasteiger partial charge in [0.1, 0.15) is 5.92 Å². The number of rotatable bonds is 7. The van der Waals surface area contributed by atoms with Crippen molar-refractivity contribution in [2.75, 3.05) is 46.2 Å². The van der Waals surface area contributed by atoms with Gasteiger partial charge in [-0.05, 0) is 25.5 Å². The molecule has 4 amide bonds. The predicted molar refractivity (Wildman–Crippen MR) is 165 cm³/mol. The molecule has 2 fully saturated rings. The van der Waals surface area contributed by atoms with E-state index in [2.05, 4.69) is 10.2 Å². The van der Waals surface area contributed by atoms with Crippen LogP contribution in [0.5, 0.6) is 5.88 Å². The lowest BCUT2D eigenvalue weighted by atomic mass is 9.99. The summed E-state index contributed by atoms with van der Waals surface area (Å²) in [6, 6.07) is 14.1. The van der Waals surface area contributed by atoms with E-state index in [9.17, 15) is 19.5 Å². The summed E-state index contributed by atoms with van der Waals surface area (Å²) in [7, 11) is 4.45. The molecule has 2 saturated heterocycles. The van der Waals surface area contributed by atoms with Gasteiger partial charge in [-0.25, -0.2) is 9.78 Å². The number of imide groups is 1. The van der Waals surface area contributed by atoms with Gasteiger partial charge in [-0.15, -0.1) is 0 Å². The van der Waals surface area contributed by atoms with Crippen molar-refractivity contribution < 1.29 is 24.2 Å². The summed E-state index contributed by atoms with van der Waals surface area (Å²) in [5, 5.41) is 13.7. The minimum atomic E-state index is -1.07. The molecule has 3 aromatic rings. The molecule has 5 rings (SSSR count). The van der Waals surface area contributed by atoms with E-state index >= 15 is 0 Å². The summed E-state index contributed by atoms with van der Waals surface area (Å²) in [5.41, 5.74) is 3.00. The van der Waals surface area contributed by atoms with Crippen LogP contribution in [0.3, 0.4) is 0 Å². The maximum atomic E-state index is 13.1. The van der Waals surface area contributed by atoms with Crippen LogP contribution in [-0.2, 0) is 16.1 Å². The average molecular weight is 627 g/mol. The Labute approximate surface area is 260 Å². The first-order valence-corrected chi connectivity index (χ1v) is 14.6. The van der Waals surface area contributed by atoms with Crippen LogP contribution in [0, 0.1) is 5.92 Å². The Balaban J connectivity index is 1.40.